The highest BCUT2D eigenvalue weighted by Crippen LogP contribution is 2.26. The van der Waals surface area contributed by atoms with E-state index in [0.29, 0.717) is 10.8 Å². The van der Waals surface area contributed by atoms with E-state index in [2.05, 4.69) is 31.4 Å². The number of nitrogens with one attached hydrogen (secondary N) is 1. The predicted molar refractivity (Wildman–Crippen MR) is 91.1 cm³/mol. The van der Waals surface area contributed by atoms with E-state index in [1.807, 2.05) is 48.0 Å². The first-order valence-electron chi connectivity index (χ1n) is 6.73. The second-order valence-corrected chi connectivity index (χ2v) is 6.46. The number of nitrogens with zero attached hydrogens (tertiary/aromatic N) is 3. The van der Waals surface area contributed by atoms with Crippen LogP contribution >= 0.6 is 27.3 Å². The fraction of sp³-hybridized carbons (Fsp3) is 0.133. The van der Waals surface area contributed by atoms with Crippen LogP contribution in [0.4, 0.5) is 5.13 Å². The van der Waals surface area contributed by atoms with Crippen molar-refractivity contribution in [3.63, 3.8) is 0 Å². The van der Waals surface area contributed by atoms with Crippen LogP contribution in [0.25, 0.3) is 10.6 Å². The van der Waals surface area contributed by atoms with Crippen LogP contribution in [-0.4, -0.2) is 20.7 Å². The number of rotatable bonds is 4. The Balaban J connectivity index is 1.79. The summed E-state index contributed by atoms with van der Waals surface area (Å²) in [5.41, 5.74) is 1.58. The Hall–Kier alpha value is -1.99. The normalized spacial score (nSPS) is 10.6. The van der Waals surface area contributed by atoms with Gasteiger partial charge in [-0.15, -0.1) is 10.2 Å². The zero-order chi connectivity index (χ0) is 15.5. The maximum Gasteiger partial charge on any atom is 0.274 e. The molecular formula is C15H13BrN4OS. The van der Waals surface area contributed by atoms with Crippen LogP contribution < -0.4 is 5.32 Å². The Morgan fingerprint density at radius 3 is 2.82 bits per heavy atom. The SMILES string of the molecule is CCn1cc(Br)cc1C(=O)Nc1nnc(-c2ccccc2)s1. The third-order valence-electron chi connectivity index (χ3n) is 3.10. The lowest BCUT2D eigenvalue weighted by Crippen LogP contribution is -2.16. The number of carbonyl (C=O) groups excluding carboxylic acids is 1. The van der Waals surface area contributed by atoms with Crippen molar-refractivity contribution in [2.24, 2.45) is 0 Å². The van der Waals surface area contributed by atoms with Gasteiger partial charge < -0.3 is 4.57 Å². The highest BCUT2D eigenvalue weighted by Gasteiger charge is 2.15. The number of aryl methyl sites for hydroxylation is 1. The molecule has 112 valence electrons. The summed E-state index contributed by atoms with van der Waals surface area (Å²) in [6, 6.07) is 11.6. The van der Waals surface area contributed by atoms with E-state index in [0.717, 1.165) is 21.6 Å². The average Bonchev–Trinajstić information content (AvgIpc) is 3.14. The second kappa shape index (κ2) is 6.41. The molecule has 1 N–H and O–H groups in total. The maximum atomic E-state index is 12.3. The highest BCUT2D eigenvalue weighted by molar-refractivity contribution is 9.10. The van der Waals surface area contributed by atoms with Crippen molar-refractivity contribution in [3.8, 4) is 10.6 Å². The van der Waals surface area contributed by atoms with Gasteiger partial charge in [-0.25, -0.2) is 0 Å². The number of hydrogen-bond donors (Lipinski definition) is 1. The largest absolute Gasteiger partial charge is 0.343 e. The molecule has 0 aliphatic rings. The van der Waals surface area contributed by atoms with Gasteiger partial charge in [-0.1, -0.05) is 41.7 Å². The number of hydrogen-bond acceptors (Lipinski definition) is 4. The number of benzene rings is 1. The van der Waals surface area contributed by atoms with Gasteiger partial charge in [0.15, 0.2) is 0 Å². The van der Waals surface area contributed by atoms with Gasteiger partial charge in [0.2, 0.25) is 5.13 Å². The van der Waals surface area contributed by atoms with Crippen molar-refractivity contribution in [2.75, 3.05) is 5.32 Å². The Morgan fingerprint density at radius 1 is 1.32 bits per heavy atom. The molecule has 2 aromatic heterocycles. The first-order chi connectivity index (χ1) is 10.7. The highest BCUT2D eigenvalue weighted by atomic mass is 79.9. The third-order valence-corrected chi connectivity index (χ3v) is 4.42. The van der Waals surface area contributed by atoms with E-state index in [1.165, 1.54) is 11.3 Å². The van der Waals surface area contributed by atoms with E-state index >= 15 is 0 Å². The molecule has 0 aliphatic heterocycles. The molecule has 0 radical (unpaired) electrons. The maximum absolute atomic E-state index is 12.3. The Kier molecular flexibility index (Phi) is 4.35. The van der Waals surface area contributed by atoms with Gasteiger partial charge in [0.1, 0.15) is 10.7 Å². The van der Waals surface area contributed by atoms with Gasteiger partial charge in [0.05, 0.1) is 0 Å². The molecule has 1 aromatic carbocycles. The zero-order valence-corrected chi connectivity index (χ0v) is 14.2. The first-order valence-corrected chi connectivity index (χ1v) is 8.34. The van der Waals surface area contributed by atoms with Crippen LogP contribution in [0.15, 0.2) is 47.1 Å². The van der Waals surface area contributed by atoms with Crippen molar-refractivity contribution in [1.29, 1.82) is 0 Å². The monoisotopic (exact) mass is 376 g/mol. The molecule has 3 aromatic rings. The molecule has 22 heavy (non-hydrogen) atoms. The minimum Gasteiger partial charge on any atom is -0.343 e. The second-order valence-electron chi connectivity index (χ2n) is 4.56. The van der Waals surface area contributed by atoms with Gasteiger partial charge in [0.25, 0.3) is 5.91 Å². The molecule has 0 spiro atoms. The van der Waals surface area contributed by atoms with Crippen LogP contribution in [0.2, 0.25) is 0 Å². The Morgan fingerprint density at radius 2 is 2.09 bits per heavy atom. The van der Waals surface area contributed by atoms with Gasteiger partial charge >= 0.3 is 0 Å². The summed E-state index contributed by atoms with van der Waals surface area (Å²) >= 11 is 4.74. The summed E-state index contributed by atoms with van der Waals surface area (Å²) in [7, 11) is 0. The van der Waals surface area contributed by atoms with E-state index in [9.17, 15) is 4.79 Å². The summed E-state index contributed by atoms with van der Waals surface area (Å²) in [6.07, 6.45) is 1.88. The molecular weight excluding hydrogens is 364 g/mol. The number of halogens is 1. The van der Waals surface area contributed by atoms with Crippen molar-refractivity contribution in [3.05, 3.63) is 52.8 Å². The molecule has 0 atom stereocenters. The number of aromatic nitrogens is 3. The fourth-order valence-corrected chi connectivity index (χ4v) is 3.27. The number of carbonyl (C=O) groups is 1. The summed E-state index contributed by atoms with van der Waals surface area (Å²) in [5.74, 6) is -0.191. The van der Waals surface area contributed by atoms with Crippen molar-refractivity contribution < 1.29 is 4.79 Å². The van der Waals surface area contributed by atoms with Gasteiger partial charge in [0, 0.05) is 22.8 Å². The molecule has 1 amide bonds. The molecule has 0 unspecified atom stereocenters. The van der Waals surface area contributed by atoms with Crippen molar-refractivity contribution in [2.45, 2.75) is 13.5 Å². The predicted octanol–water partition coefficient (Wildman–Crippen LogP) is 4.04. The zero-order valence-electron chi connectivity index (χ0n) is 11.8. The third kappa shape index (κ3) is 3.10. The molecule has 3 rings (SSSR count). The first kappa shape index (κ1) is 14.9. The van der Waals surface area contributed by atoms with E-state index in [1.54, 1.807) is 6.07 Å². The standard InChI is InChI=1S/C15H13BrN4OS/c1-2-20-9-11(16)8-12(20)13(21)17-15-19-18-14(22-15)10-6-4-3-5-7-10/h3-9H,2H2,1H3,(H,17,19,21). The molecule has 0 bridgehead atoms. The van der Waals surface area contributed by atoms with Crippen LogP contribution in [0.3, 0.4) is 0 Å². The molecule has 0 fully saturated rings. The fourth-order valence-electron chi connectivity index (χ4n) is 2.06. The van der Waals surface area contributed by atoms with Gasteiger partial charge in [-0.3, -0.25) is 10.1 Å². The summed E-state index contributed by atoms with van der Waals surface area (Å²) < 4.78 is 2.75. The van der Waals surface area contributed by atoms with Crippen LogP contribution in [0.5, 0.6) is 0 Å². The lowest BCUT2D eigenvalue weighted by atomic mass is 10.2. The van der Waals surface area contributed by atoms with Crippen molar-refractivity contribution >= 4 is 38.3 Å². The van der Waals surface area contributed by atoms with Gasteiger partial charge in [-0.05, 0) is 28.9 Å². The Labute approximate surface area is 140 Å². The minimum atomic E-state index is -0.191. The number of anilines is 1. The molecule has 5 nitrogen and oxygen atoms in total. The average molecular weight is 377 g/mol. The summed E-state index contributed by atoms with van der Waals surface area (Å²) in [6.45, 7) is 2.71. The molecule has 0 saturated carbocycles. The molecule has 0 saturated heterocycles. The smallest absolute Gasteiger partial charge is 0.274 e. The van der Waals surface area contributed by atoms with E-state index in [4.69, 9.17) is 0 Å². The molecule has 2 heterocycles. The van der Waals surface area contributed by atoms with Gasteiger partial charge in [-0.2, -0.15) is 0 Å². The number of amides is 1. The van der Waals surface area contributed by atoms with Crippen LogP contribution in [0, 0.1) is 0 Å². The minimum absolute atomic E-state index is 0.191. The summed E-state index contributed by atoms with van der Waals surface area (Å²) in [5, 5.41) is 12.2. The van der Waals surface area contributed by atoms with Crippen LogP contribution in [0.1, 0.15) is 17.4 Å². The Bertz CT molecular complexity index is 797. The van der Waals surface area contributed by atoms with Crippen LogP contribution in [-0.2, 0) is 6.54 Å². The molecule has 0 aliphatic carbocycles. The topological polar surface area (TPSA) is 59.8 Å². The van der Waals surface area contributed by atoms with Crippen molar-refractivity contribution in [1.82, 2.24) is 14.8 Å². The lowest BCUT2D eigenvalue weighted by molar-refractivity contribution is 0.101. The lowest BCUT2D eigenvalue weighted by Gasteiger charge is -2.04. The summed E-state index contributed by atoms with van der Waals surface area (Å²) in [4.78, 5) is 12.3. The molecule has 7 heteroatoms. The quantitative estimate of drug-likeness (QED) is 0.747. The van der Waals surface area contributed by atoms with E-state index < -0.39 is 0 Å². The van der Waals surface area contributed by atoms with E-state index in [-0.39, 0.29) is 5.91 Å².